The first-order valence-electron chi connectivity index (χ1n) is 6.98. The van der Waals surface area contributed by atoms with Crippen molar-refractivity contribution in [1.82, 2.24) is 14.1 Å². The zero-order valence-corrected chi connectivity index (χ0v) is 14.4. The van der Waals surface area contributed by atoms with Crippen molar-refractivity contribution in [2.75, 3.05) is 6.26 Å². The largest absolute Gasteiger partial charge is 0.354 e. The molecule has 24 heavy (non-hydrogen) atoms. The number of hydrogen-bond donors (Lipinski definition) is 0. The van der Waals surface area contributed by atoms with Gasteiger partial charge in [-0.05, 0) is 33.1 Å². The van der Waals surface area contributed by atoms with E-state index >= 15 is 0 Å². The van der Waals surface area contributed by atoms with Crippen molar-refractivity contribution in [3.63, 3.8) is 0 Å². The van der Waals surface area contributed by atoms with Crippen molar-refractivity contribution in [2.45, 2.75) is 38.0 Å². The van der Waals surface area contributed by atoms with Crippen LogP contribution in [0.4, 0.5) is 13.2 Å². The summed E-state index contributed by atoms with van der Waals surface area (Å²) < 4.78 is 42.3. The lowest BCUT2D eigenvalue weighted by atomic mass is 10.1. The van der Waals surface area contributed by atoms with Gasteiger partial charge in [0, 0.05) is 17.2 Å². The summed E-state index contributed by atoms with van der Waals surface area (Å²) in [6.07, 6.45) is 1.60. The van der Waals surface area contributed by atoms with Crippen LogP contribution in [-0.4, -0.2) is 20.4 Å². The van der Waals surface area contributed by atoms with Crippen molar-refractivity contribution < 1.29 is 13.2 Å². The van der Waals surface area contributed by atoms with E-state index in [4.69, 9.17) is 0 Å². The molecule has 0 aliphatic heterocycles. The fourth-order valence-corrected chi connectivity index (χ4v) is 2.73. The van der Waals surface area contributed by atoms with E-state index in [0.29, 0.717) is 12.1 Å². The van der Waals surface area contributed by atoms with Crippen LogP contribution in [0.2, 0.25) is 0 Å². The predicted molar refractivity (Wildman–Crippen MR) is 85.0 cm³/mol. The summed E-state index contributed by atoms with van der Waals surface area (Å²) in [4.78, 5) is 28.6. The van der Waals surface area contributed by atoms with E-state index in [1.165, 1.54) is 0 Å². The van der Waals surface area contributed by atoms with Gasteiger partial charge >= 0.3 is 11.4 Å². The molecule has 0 bridgehead atoms. The zero-order chi connectivity index (χ0) is 18.2. The molecule has 0 atom stereocenters. The van der Waals surface area contributed by atoms with Gasteiger partial charge in [0.05, 0.1) is 6.54 Å². The zero-order valence-electron chi connectivity index (χ0n) is 13.6. The highest BCUT2D eigenvalue weighted by molar-refractivity contribution is 7.98. The van der Waals surface area contributed by atoms with E-state index in [1.807, 2.05) is 0 Å². The van der Waals surface area contributed by atoms with Gasteiger partial charge in [0.2, 0.25) is 0 Å². The smallest absolute Gasteiger partial charge is 0.268 e. The minimum Gasteiger partial charge on any atom is -0.268 e. The van der Waals surface area contributed by atoms with Crippen LogP contribution < -0.4 is 11.4 Å². The molecule has 130 valence electrons. The fourth-order valence-electron chi connectivity index (χ4n) is 2.20. The number of thioether (sulfide) groups is 1. The minimum atomic E-state index is -1.31. The van der Waals surface area contributed by atoms with Crippen LogP contribution in [0.1, 0.15) is 26.3 Å². The van der Waals surface area contributed by atoms with E-state index < -0.39 is 34.4 Å². The van der Waals surface area contributed by atoms with E-state index in [1.54, 1.807) is 27.0 Å². The Morgan fingerprint density at radius 1 is 1.08 bits per heavy atom. The lowest BCUT2D eigenvalue weighted by Crippen LogP contribution is -2.49. The molecule has 1 aromatic carbocycles. The highest BCUT2D eigenvalue weighted by atomic mass is 32.2. The molecule has 0 spiro atoms. The molecule has 0 aliphatic rings. The number of hydrogen-bond acceptors (Lipinski definition) is 4. The Balaban J connectivity index is 2.69. The van der Waals surface area contributed by atoms with Gasteiger partial charge < -0.3 is 0 Å². The van der Waals surface area contributed by atoms with Crippen LogP contribution >= 0.6 is 11.8 Å². The lowest BCUT2D eigenvalue weighted by Gasteiger charge is -2.22. The standard InChI is InChI=1S/C15H16F3N3O2S/c1-15(2,3)21-12(22)19-13(24-4)20(14(21)23)7-8-5-10(17)11(18)6-9(8)16/h5-6H,7H2,1-4H3. The Morgan fingerprint density at radius 2 is 1.67 bits per heavy atom. The number of rotatable bonds is 3. The first kappa shape index (κ1) is 18.3. The number of benzene rings is 1. The molecular weight excluding hydrogens is 343 g/mol. The fraction of sp³-hybridized carbons (Fsp3) is 0.400. The Kier molecular flexibility index (Phi) is 4.93. The quantitative estimate of drug-likeness (QED) is 0.624. The van der Waals surface area contributed by atoms with Crippen LogP contribution in [0.25, 0.3) is 0 Å². The first-order chi connectivity index (χ1) is 11.1. The molecule has 0 saturated carbocycles. The third-order valence-corrected chi connectivity index (χ3v) is 3.98. The average molecular weight is 359 g/mol. The predicted octanol–water partition coefficient (Wildman–Crippen LogP) is 2.35. The van der Waals surface area contributed by atoms with Crippen LogP contribution in [0.3, 0.4) is 0 Å². The Bertz CT molecular complexity index is 901. The van der Waals surface area contributed by atoms with Crippen molar-refractivity contribution in [2.24, 2.45) is 0 Å². The molecule has 0 fully saturated rings. The first-order valence-corrected chi connectivity index (χ1v) is 8.20. The average Bonchev–Trinajstić information content (AvgIpc) is 2.45. The van der Waals surface area contributed by atoms with Gasteiger partial charge in [-0.15, -0.1) is 0 Å². The summed E-state index contributed by atoms with van der Waals surface area (Å²) in [6.45, 7) is 4.58. The molecular formula is C15H16F3N3O2S. The molecule has 2 rings (SSSR count). The number of aromatic nitrogens is 3. The molecule has 1 aromatic heterocycles. The van der Waals surface area contributed by atoms with Crippen LogP contribution in [0, 0.1) is 17.5 Å². The summed E-state index contributed by atoms with van der Waals surface area (Å²) in [7, 11) is 0. The van der Waals surface area contributed by atoms with E-state index in [-0.39, 0.29) is 17.3 Å². The second-order valence-corrected chi connectivity index (χ2v) is 6.89. The van der Waals surface area contributed by atoms with Gasteiger partial charge in [0.1, 0.15) is 5.82 Å². The Morgan fingerprint density at radius 3 is 2.21 bits per heavy atom. The third kappa shape index (κ3) is 3.40. The maximum atomic E-state index is 13.9. The highest BCUT2D eigenvalue weighted by Gasteiger charge is 2.23. The van der Waals surface area contributed by atoms with Gasteiger partial charge in [-0.25, -0.2) is 27.3 Å². The van der Waals surface area contributed by atoms with Crippen molar-refractivity contribution >= 4 is 11.8 Å². The van der Waals surface area contributed by atoms with Gasteiger partial charge in [0.25, 0.3) is 0 Å². The monoisotopic (exact) mass is 359 g/mol. The number of nitrogens with zero attached hydrogens (tertiary/aromatic N) is 3. The molecule has 0 radical (unpaired) electrons. The maximum Gasteiger partial charge on any atom is 0.354 e. The summed E-state index contributed by atoms with van der Waals surface area (Å²) in [5, 5.41) is 0.0645. The lowest BCUT2D eigenvalue weighted by molar-refractivity contribution is 0.335. The Labute approximate surface area is 140 Å². The van der Waals surface area contributed by atoms with Crippen molar-refractivity contribution in [3.8, 4) is 0 Å². The van der Waals surface area contributed by atoms with Crippen molar-refractivity contribution in [1.29, 1.82) is 0 Å². The van der Waals surface area contributed by atoms with Gasteiger partial charge in [-0.2, -0.15) is 4.98 Å². The summed E-state index contributed by atoms with van der Waals surface area (Å²) in [5.74, 6) is -3.52. The molecule has 0 amide bonds. The van der Waals surface area contributed by atoms with Crippen molar-refractivity contribution in [3.05, 3.63) is 56.1 Å². The molecule has 0 saturated heterocycles. The summed E-state index contributed by atoms with van der Waals surface area (Å²) in [6, 6.07) is 1.11. The summed E-state index contributed by atoms with van der Waals surface area (Å²) >= 11 is 1.02. The number of halogens is 3. The molecule has 5 nitrogen and oxygen atoms in total. The topological polar surface area (TPSA) is 56.9 Å². The van der Waals surface area contributed by atoms with Gasteiger partial charge in [-0.3, -0.25) is 4.57 Å². The van der Waals surface area contributed by atoms with Crippen LogP contribution in [0.15, 0.2) is 26.9 Å². The summed E-state index contributed by atoms with van der Waals surface area (Å²) in [5.41, 5.74) is -2.48. The molecule has 2 aromatic rings. The second-order valence-electron chi connectivity index (χ2n) is 6.11. The molecule has 9 heteroatoms. The molecule has 0 unspecified atom stereocenters. The minimum absolute atomic E-state index is 0.0645. The normalized spacial score (nSPS) is 11.8. The molecule has 0 aliphatic carbocycles. The highest BCUT2D eigenvalue weighted by Crippen LogP contribution is 2.17. The van der Waals surface area contributed by atoms with Crippen LogP contribution in [-0.2, 0) is 12.1 Å². The molecule has 0 N–H and O–H groups in total. The van der Waals surface area contributed by atoms with Crippen LogP contribution in [0.5, 0.6) is 0 Å². The maximum absolute atomic E-state index is 13.9. The van der Waals surface area contributed by atoms with Gasteiger partial charge in [0.15, 0.2) is 16.8 Å². The van der Waals surface area contributed by atoms with E-state index in [9.17, 15) is 22.8 Å². The van der Waals surface area contributed by atoms with E-state index in [0.717, 1.165) is 20.9 Å². The molecule has 1 heterocycles. The third-order valence-electron chi connectivity index (χ3n) is 3.31. The van der Waals surface area contributed by atoms with Gasteiger partial charge in [-0.1, -0.05) is 11.8 Å². The second kappa shape index (κ2) is 6.46. The Hall–Kier alpha value is -2.03. The van der Waals surface area contributed by atoms with E-state index in [2.05, 4.69) is 4.98 Å². The SMILES string of the molecule is CSc1nc(=O)n(C(C)(C)C)c(=O)n1Cc1cc(F)c(F)cc1F.